The van der Waals surface area contributed by atoms with Crippen molar-refractivity contribution in [3.05, 3.63) is 23.8 Å². The second-order valence-corrected chi connectivity index (χ2v) is 8.72. The molecule has 1 saturated carbocycles. The van der Waals surface area contributed by atoms with Crippen molar-refractivity contribution in [1.82, 2.24) is 15.3 Å². The predicted molar refractivity (Wildman–Crippen MR) is 110 cm³/mol. The molecule has 3 atom stereocenters. The van der Waals surface area contributed by atoms with E-state index in [1.165, 1.54) is 18.4 Å². The fourth-order valence-electron chi connectivity index (χ4n) is 4.70. The summed E-state index contributed by atoms with van der Waals surface area (Å²) in [5.74, 6) is 2.63. The summed E-state index contributed by atoms with van der Waals surface area (Å²) in [7, 11) is 0. The maximum Gasteiger partial charge on any atom is 0.223 e. The summed E-state index contributed by atoms with van der Waals surface area (Å²) in [5, 5.41) is 3.37. The average molecular weight is 369 g/mol. The van der Waals surface area contributed by atoms with Gasteiger partial charge < -0.3 is 15.2 Å². The number of piperidine rings is 1. The Kier molecular flexibility index (Phi) is 5.11. The molecule has 1 aliphatic carbocycles. The minimum Gasteiger partial charge on any atom is -0.353 e. The minimum atomic E-state index is 0.136. The largest absolute Gasteiger partial charge is 0.353 e. The quantitative estimate of drug-likeness (QED) is 0.860. The molecule has 2 aromatic rings. The Hall–Kier alpha value is -2.04. The van der Waals surface area contributed by atoms with Gasteiger partial charge in [-0.05, 0) is 55.7 Å². The fraction of sp³-hybridized carbons (Fsp3) is 0.636. The van der Waals surface area contributed by atoms with E-state index in [0.29, 0.717) is 17.9 Å². The fourth-order valence-corrected chi connectivity index (χ4v) is 4.70. The van der Waals surface area contributed by atoms with Crippen molar-refractivity contribution in [2.75, 3.05) is 18.0 Å². The maximum atomic E-state index is 12.8. The summed E-state index contributed by atoms with van der Waals surface area (Å²) in [6.07, 6.45) is 5.47. The molecule has 1 saturated heterocycles. The summed E-state index contributed by atoms with van der Waals surface area (Å²) in [4.78, 5) is 23.2. The molecule has 27 heavy (non-hydrogen) atoms. The second kappa shape index (κ2) is 7.53. The van der Waals surface area contributed by atoms with Gasteiger partial charge in [0.1, 0.15) is 0 Å². The Morgan fingerprint density at radius 3 is 2.74 bits per heavy atom. The zero-order valence-corrected chi connectivity index (χ0v) is 16.8. The van der Waals surface area contributed by atoms with Crippen LogP contribution in [0, 0.1) is 24.7 Å². The van der Waals surface area contributed by atoms with Crippen LogP contribution in [0.2, 0.25) is 0 Å². The first kappa shape index (κ1) is 18.3. The number of aryl methyl sites for hydroxylation is 1. The average Bonchev–Trinajstić information content (AvgIpc) is 3.08. The van der Waals surface area contributed by atoms with E-state index >= 15 is 0 Å². The lowest BCUT2D eigenvalue weighted by atomic mass is 9.78. The number of H-pyrrole nitrogens is 1. The van der Waals surface area contributed by atoms with Gasteiger partial charge in [0.25, 0.3) is 0 Å². The van der Waals surface area contributed by atoms with Gasteiger partial charge in [0, 0.05) is 25.0 Å². The molecule has 2 aliphatic rings. The number of fused-ring (bicyclic) bond motifs is 1. The summed E-state index contributed by atoms with van der Waals surface area (Å²) >= 11 is 0. The van der Waals surface area contributed by atoms with E-state index in [1.54, 1.807) is 0 Å². The van der Waals surface area contributed by atoms with Crippen LogP contribution in [0.4, 0.5) is 5.95 Å². The zero-order valence-electron chi connectivity index (χ0n) is 16.8. The Bertz CT molecular complexity index is 806. The molecule has 1 aromatic heterocycles. The molecule has 0 bridgehead atoms. The Morgan fingerprint density at radius 2 is 1.96 bits per heavy atom. The molecule has 1 amide bonds. The van der Waals surface area contributed by atoms with Crippen molar-refractivity contribution >= 4 is 22.9 Å². The molecule has 1 aromatic carbocycles. The number of benzene rings is 1. The Morgan fingerprint density at radius 1 is 1.19 bits per heavy atom. The molecule has 4 rings (SSSR count). The van der Waals surface area contributed by atoms with E-state index in [9.17, 15) is 4.79 Å². The molecule has 2 N–H and O–H groups in total. The lowest BCUT2D eigenvalue weighted by Crippen LogP contribution is -2.48. The van der Waals surface area contributed by atoms with Crippen LogP contribution < -0.4 is 10.2 Å². The molecule has 146 valence electrons. The van der Waals surface area contributed by atoms with Gasteiger partial charge in [-0.25, -0.2) is 4.98 Å². The molecule has 2 fully saturated rings. The SMILES string of the molecule is Cc1ccc2nc(N3CCC(C(=O)N[C@@H]4CCC[C@@H](C)[C@@H]4C)CC3)[nH]c2c1. The molecular weight excluding hydrogens is 336 g/mol. The standard InChI is InChI=1S/C22H32N4O/c1-14-7-8-19-20(13-14)25-22(24-19)26-11-9-17(10-12-26)21(27)23-18-6-4-5-15(2)16(18)3/h7-8,13,15-18H,4-6,9-12H2,1-3H3,(H,23,27)(H,24,25)/t15-,16+,18-/m1/s1. The number of rotatable bonds is 3. The topological polar surface area (TPSA) is 61.0 Å². The molecule has 1 aliphatic heterocycles. The highest BCUT2D eigenvalue weighted by atomic mass is 16.2. The number of nitrogens with one attached hydrogen (secondary N) is 2. The summed E-state index contributed by atoms with van der Waals surface area (Å²) in [5.41, 5.74) is 3.33. The van der Waals surface area contributed by atoms with Crippen LogP contribution in [0.5, 0.6) is 0 Å². The van der Waals surface area contributed by atoms with Crippen LogP contribution in [0.3, 0.4) is 0 Å². The minimum absolute atomic E-state index is 0.136. The molecular formula is C22H32N4O. The van der Waals surface area contributed by atoms with Crippen molar-refractivity contribution in [1.29, 1.82) is 0 Å². The molecule has 5 nitrogen and oxygen atoms in total. The van der Waals surface area contributed by atoms with E-state index in [1.807, 2.05) is 0 Å². The van der Waals surface area contributed by atoms with Gasteiger partial charge in [-0.1, -0.05) is 32.8 Å². The number of carbonyl (C=O) groups excluding carboxylic acids is 1. The van der Waals surface area contributed by atoms with Crippen LogP contribution in [-0.2, 0) is 4.79 Å². The van der Waals surface area contributed by atoms with Crippen LogP contribution >= 0.6 is 0 Å². The lowest BCUT2D eigenvalue weighted by molar-refractivity contribution is -0.127. The van der Waals surface area contributed by atoms with Gasteiger partial charge in [-0.3, -0.25) is 4.79 Å². The Labute approximate surface area is 161 Å². The molecule has 0 unspecified atom stereocenters. The Balaban J connectivity index is 1.34. The molecule has 2 heterocycles. The van der Waals surface area contributed by atoms with Gasteiger partial charge in [0.15, 0.2) is 0 Å². The van der Waals surface area contributed by atoms with Crippen molar-refractivity contribution in [3.8, 4) is 0 Å². The number of amides is 1. The first-order chi connectivity index (χ1) is 13.0. The maximum absolute atomic E-state index is 12.8. The van der Waals surface area contributed by atoms with Crippen molar-refractivity contribution in [2.45, 2.75) is 58.9 Å². The highest BCUT2D eigenvalue weighted by Crippen LogP contribution is 2.30. The normalized spacial score (nSPS) is 27.1. The summed E-state index contributed by atoms with van der Waals surface area (Å²) in [6, 6.07) is 6.66. The number of nitrogens with zero attached hydrogens (tertiary/aromatic N) is 2. The third kappa shape index (κ3) is 3.83. The number of aromatic amines is 1. The summed E-state index contributed by atoms with van der Waals surface area (Å²) < 4.78 is 0. The monoisotopic (exact) mass is 368 g/mol. The van der Waals surface area contributed by atoms with Gasteiger partial charge in [-0.2, -0.15) is 0 Å². The highest BCUT2D eigenvalue weighted by molar-refractivity contribution is 5.80. The van der Waals surface area contributed by atoms with Gasteiger partial charge in [0.05, 0.1) is 11.0 Å². The van der Waals surface area contributed by atoms with Crippen molar-refractivity contribution in [3.63, 3.8) is 0 Å². The van der Waals surface area contributed by atoms with Crippen LogP contribution in [-0.4, -0.2) is 35.0 Å². The third-order valence-corrected chi connectivity index (χ3v) is 6.82. The van der Waals surface area contributed by atoms with Crippen LogP contribution in [0.15, 0.2) is 18.2 Å². The van der Waals surface area contributed by atoms with E-state index in [2.05, 4.69) is 54.2 Å². The number of hydrogen-bond acceptors (Lipinski definition) is 3. The highest BCUT2D eigenvalue weighted by Gasteiger charge is 2.32. The molecule has 5 heteroatoms. The molecule has 0 spiro atoms. The van der Waals surface area contributed by atoms with E-state index < -0.39 is 0 Å². The van der Waals surface area contributed by atoms with E-state index in [0.717, 1.165) is 49.3 Å². The second-order valence-electron chi connectivity index (χ2n) is 8.72. The van der Waals surface area contributed by atoms with Crippen molar-refractivity contribution in [2.24, 2.45) is 17.8 Å². The van der Waals surface area contributed by atoms with Gasteiger partial charge in [-0.15, -0.1) is 0 Å². The number of anilines is 1. The number of hydrogen-bond donors (Lipinski definition) is 2. The first-order valence-electron chi connectivity index (χ1n) is 10.5. The number of carbonyl (C=O) groups is 1. The van der Waals surface area contributed by atoms with Crippen LogP contribution in [0.25, 0.3) is 11.0 Å². The number of imidazole rings is 1. The van der Waals surface area contributed by atoms with Gasteiger partial charge in [0.2, 0.25) is 11.9 Å². The predicted octanol–water partition coefficient (Wildman–Crippen LogP) is 4.03. The van der Waals surface area contributed by atoms with Crippen molar-refractivity contribution < 1.29 is 4.79 Å². The zero-order chi connectivity index (χ0) is 19.0. The van der Waals surface area contributed by atoms with E-state index in [4.69, 9.17) is 4.98 Å². The first-order valence-corrected chi connectivity index (χ1v) is 10.5. The number of aromatic nitrogens is 2. The van der Waals surface area contributed by atoms with E-state index in [-0.39, 0.29) is 11.8 Å². The van der Waals surface area contributed by atoms with Crippen LogP contribution in [0.1, 0.15) is 51.5 Å². The molecule has 0 radical (unpaired) electrons. The smallest absolute Gasteiger partial charge is 0.223 e. The third-order valence-electron chi connectivity index (χ3n) is 6.82. The lowest BCUT2D eigenvalue weighted by Gasteiger charge is -2.37. The summed E-state index contributed by atoms with van der Waals surface area (Å²) in [6.45, 7) is 8.47. The van der Waals surface area contributed by atoms with Gasteiger partial charge >= 0.3 is 0 Å².